The molecule has 0 aliphatic heterocycles. The smallest absolute Gasteiger partial charge is 0.341 e. The molecule has 0 bridgehead atoms. The first kappa shape index (κ1) is 16.1. The van der Waals surface area contributed by atoms with Gasteiger partial charge in [0, 0.05) is 11.6 Å². The van der Waals surface area contributed by atoms with Crippen molar-refractivity contribution in [2.45, 2.75) is 6.54 Å². The number of carbonyl (C=O) groups is 1. The quantitative estimate of drug-likeness (QED) is 0.514. The molecular formula is C18H12N2O5S. The van der Waals surface area contributed by atoms with Crippen LogP contribution < -0.4 is 11.1 Å². The van der Waals surface area contributed by atoms with E-state index in [0.717, 1.165) is 22.3 Å². The Kier molecular flexibility index (Phi) is 3.62. The van der Waals surface area contributed by atoms with Crippen LogP contribution in [0, 0.1) is 0 Å². The van der Waals surface area contributed by atoms with E-state index in [4.69, 9.17) is 0 Å². The molecule has 4 rings (SSSR count). The van der Waals surface area contributed by atoms with Crippen molar-refractivity contribution in [3.8, 4) is 5.75 Å². The number of rotatable bonds is 3. The average Bonchev–Trinajstić information content (AvgIpc) is 3.07. The van der Waals surface area contributed by atoms with Crippen molar-refractivity contribution >= 4 is 38.4 Å². The molecule has 0 spiro atoms. The van der Waals surface area contributed by atoms with E-state index in [2.05, 4.69) is 4.98 Å². The van der Waals surface area contributed by atoms with E-state index < -0.39 is 17.3 Å². The number of aromatic carboxylic acids is 1. The fraction of sp³-hybridized carbons (Fsp3) is 0.0556. The number of hydrogen-bond donors (Lipinski definition) is 3. The maximum absolute atomic E-state index is 12.5. The number of H-pyrrole nitrogens is 1. The summed E-state index contributed by atoms with van der Waals surface area (Å²) in [6.07, 6.45) is 0. The molecule has 130 valence electrons. The molecule has 0 fully saturated rings. The zero-order valence-corrected chi connectivity index (χ0v) is 14.0. The predicted molar refractivity (Wildman–Crippen MR) is 98.4 cm³/mol. The maximum Gasteiger partial charge on any atom is 0.341 e. The van der Waals surface area contributed by atoms with Gasteiger partial charge in [0.15, 0.2) is 5.75 Å². The highest BCUT2D eigenvalue weighted by Gasteiger charge is 2.22. The SMILES string of the molecule is O=C(O)c1c(O)c(=O)n(Cc2ccc3ccc(=O)[nH]c3c2)c2ccsc12. The van der Waals surface area contributed by atoms with Crippen LogP contribution in [0.15, 0.2) is 51.4 Å². The number of pyridine rings is 2. The van der Waals surface area contributed by atoms with Gasteiger partial charge in [0.1, 0.15) is 5.56 Å². The summed E-state index contributed by atoms with van der Waals surface area (Å²) < 4.78 is 1.67. The van der Waals surface area contributed by atoms with E-state index in [-0.39, 0.29) is 17.7 Å². The Labute approximate surface area is 149 Å². The highest BCUT2D eigenvalue weighted by atomic mass is 32.1. The number of thiophene rings is 1. The molecular weight excluding hydrogens is 356 g/mol. The molecule has 26 heavy (non-hydrogen) atoms. The summed E-state index contributed by atoms with van der Waals surface area (Å²) >= 11 is 1.15. The van der Waals surface area contributed by atoms with E-state index >= 15 is 0 Å². The van der Waals surface area contributed by atoms with Crippen LogP contribution >= 0.6 is 11.3 Å². The summed E-state index contributed by atoms with van der Waals surface area (Å²) in [6, 6.07) is 10.2. The molecule has 0 aliphatic carbocycles. The second kappa shape index (κ2) is 5.85. The Bertz CT molecular complexity index is 1300. The van der Waals surface area contributed by atoms with Crippen LogP contribution in [-0.4, -0.2) is 25.7 Å². The fourth-order valence-corrected chi connectivity index (χ4v) is 3.92. The minimum atomic E-state index is -1.34. The highest BCUT2D eigenvalue weighted by molar-refractivity contribution is 7.17. The van der Waals surface area contributed by atoms with Gasteiger partial charge in [0.25, 0.3) is 5.56 Å². The van der Waals surface area contributed by atoms with Crippen molar-refractivity contribution in [2.24, 2.45) is 0 Å². The lowest BCUT2D eigenvalue weighted by atomic mass is 10.1. The Hall–Kier alpha value is -3.39. The number of aromatic amines is 1. The Morgan fingerprint density at radius 3 is 2.69 bits per heavy atom. The maximum atomic E-state index is 12.5. The normalized spacial score (nSPS) is 11.2. The minimum absolute atomic E-state index is 0.131. The molecule has 0 aliphatic rings. The molecule has 0 saturated carbocycles. The summed E-state index contributed by atoms with van der Waals surface area (Å²) in [5.41, 5.74) is 0.439. The highest BCUT2D eigenvalue weighted by Crippen LogP contribution is 2.29. The molecule has 1 aromatic carbocycles. The molecule has 0 atom stereocenters. The third-order valence-electron chi connectivity index (χ3n) is 4.19. The summed E-state index contributed by atoms with van der Waals surface area (Å²) in [7, 11) is 0. The predicted octanol–water partition coefficient (Wildman–Crippen LogP) is 2.36. The molecule has 3 N–H and O–H groups in total. The number of carboxylic acid groups (broad SMARTS) is 1. The lowest BCUT2D eigenvalue weighted by molar-refractivity contribution is 0.0695. The van der Waals surface area contributed by atoms with Gasteiger partial charge in [-0.2, -0.15) is 0 Å². The Morgan fingerprint density at radius 1 is 1.15 bits per heavy atom. The molecule has 3 heterocycles. The lowest BCUT2D eigenvalue weighted by Crippen LogP contribution is -2.22. The third-order valence-corrected chi connectivity index (χ3v) is 5.11. The van der Waals surface area contributed by atoms with Crippen LogP contribution in [0.4, 0.5) is 0 Å². The number of aromatic nitrogens is 2. The van der Waals surface area contributed by atoms with Crippen molar-refractivity contribution in [3.63, 3.8) is 0 Å². The van der Waals surface area contributed by atoms with Gasteiger partial charge in [-0.25, -0.2) is 4.79 Å². The van der Waals surface area contributed by atoms with E-state index in [1.54, 1.807) is 23.6 Å². The summed E-state index contributed by atoms with van der Waals surface area (Å²) in [4.78, 5) is 38.1. The van der Waals surface area contributed by atoms with Crippen LogP contribution in [0.3, 0.4) is 0 Å². The number of fused-ring (bicyclic) bond motifs is 2. The van der Waals surface area contributed by atoms with Crippen molar-refractivity contribution in [2.75, 3.05) is 0 Å². The minimum Gasteiger partial charge on any atom is -0.502 e. The number of carboxylic acids is 1. The second-order valence-corrected chi connectivity index (χ2v) is 6.72. The first-order chi connectivity index (χ1) is 12.5. The molecule has 8 heteroatoms. The molecule has 4 aromatic rings. The molecule has 0 amide bonds. The standard InChI is InChI=1S/C18H12N2O5S/c21-13-4-3-10-2-1-9(7-11(10)19-13)8-20-12-5-6-26-16(12)14(18(24)25)15(22)17(20)23/h1-7,22H,8H2,(H,19,21)(H,24,25). The summed E-state index contributed by atoms with van der Waals surface area (Å²) in [6.45, 7) is 0.131. The molecule has 7 nitrogen and oxygen atoms in total. The van der Waals surface area contributed by atoms with Gasteiger partial charge >= 0.3 is 5.97 Å². The summed E-state index contributed by atoms with van der Waals surface area (Å²) in [5.74, 6) is -2.12. The van der Waals surface area contributed by atoms with Crippen LogP contribution in [0.1, 0.15) is 15.9 Å². The number of benzene rings is 1. The van der Waals surface area contributed by atoms with Crippen LogP contribution in [0.2, 0.25) is 0 Å². The zero-order valence-electron chi connectivity index (χ0n) is 13.2. The largest absolute Gasteiger partial charge is 0.502 e. The lowest BCUT2D eigenvalue weighted by Gasteiger charge is -2.11. The number of aromatic hydroxyl groups is 1. The van der Waals surface area contributed by atoms with Crippen LogP contribution in [0.5, 0.6) is 5.75 Å². The number of nitrogens with zero attached hydrogens (tertiary/aromatic N) is 1. The molecule has 0 unspecified atom stereocenters. The van der Waals surface area contributed by atoms with E-state index in [9.17, 15) is 24.6 Å². The van der Waals surface area contributed by atoms with Crippen molar-refractivity contribution in [1.82, 2.24) is 9.55 Å². The van der Waals surface area contributed by atoms with Crippen molar-refractivity contribution < 1.29 is 15.0 Å². The Morgan fingerprint density at radius 2 is 1.92 bits per heavy atom. The molecule has 3 aromatic heterocycles. The van der Waals surface area contributed by atoms with E-state index in [1.165, 1.54) is 10.6 Å². The Balaban J connectivity index is 1.91. The topological polar surface area (TPSA) is 112 Å². The number of hydrogen-bond acceptors (Lipinski definition) is 5. The average molecular weight is 368 g/mol. The van der Waals surface area contributed by atoms with Crippen molar-refractivity contribution in [3.05, 3.63) is 73.6 Å². The van der Waals surface area contributed by atoms with Gasteiger partial charge in [-0.05, 0) is 34.5 Å². The van der Waals surface area contributed by atoms with Crippen LogP contribution in [0.25, 0.3) is 21.1 Å². The van der Waals surface area contributed by atoms with Gasteiger partial charge < -0.3 is 15.2 Å². The van der Waals surface area contributed by atoms with Gasteiger partial charge in [-0.1, -0.05) is 12.1 Å². The first-order valence-corrected chi connectivity index (χ1v) is 8.52. The monoisotopic (exact) mass is 368 g/mol. The number of nitrogens with one attached hydrogen (secondary N) is 1. The van der Waals surface area contributed by atoms with Crippen LogP contribution in [-0.2, 0) is 6.54 Å². The molecule has 0 radical (unpaired) electrons. The fourth-order valence-electron chi connectivity index (χ4n) is 2.99. The molecule has 0 saturated heterocycles. The second-order valence-electron chi connectivity index (χ2n) is 5.80. The van der Waals surface area contributed by atoms with Gasteiger partial charge in [-0.3, -0.25) is 14.2 Å². The first-order valence-electron chi connectivity index (χ1n) is 7.64. The van der Waals surface area contributed by atoms with Gasteiger partial charge in [-0.15, -0.1) is 11.3 Å². The third kappa shape index (κ3) is 2.47. The summed E-state index contributed by atoms with van der Waals surface area (Å²) in [5, 5.41) is 21.9. The zero-order chi connectivity index (χ0) is 18.4. The van der Waals surface area contributed by atoms with Crippen molar-refractivity contribution in [1.29, 1.82) is 0 Å². The van der Waals surface area contributed by atoms with Gasteiger partial charge in [0.2, 0.25) is 5.56 Å². The van der Waals surface area contributed by atoms with Gasteiger partial charge in [0.05, 0.1) is 16.8 Å². The van der Waals surface area contributed by atoms with E-state index in [0.29, 0.717) is 15.7 Å². The van der Waals surface area contributed by atoms with E-state index in [1.807, 2.05) is 12.1 Å².